The van der Waals surface area contributed by atoms with Crippen LogP contribution in [0, 0.1) is 0 Å². The standard InChI is InChI=1S/C12H13ClN4O2S/c13-12-16-8-6-11(17-12)15-7-5-9-1-3-10(4-2-9)20(14,18)19/h1-4,6,8H,5,7H2,(H2,14,18,19)(H,15,16,17). The van der Waals surface area contributed by atoms with Crippen LogP contribution < -0.4 is 10.5 Å². The SMILES string of the molecule is NS(=O)(=O)c1ccc(CCNc2ccnc(Cl)n2)cc1. The Morgan fingerprint density at radius 3 is 2.50 bits per heavy atom. The molecule has 0 spiro atoms. The van der Waals surface area contributed by atoms with E-state index in [0.29, 0.717) is 18.8 Å². The lowest BCUT2D eigenvalue weighted by atomic mass is 10.1. The van der Waals surface area contributed by atoms with Gasteiger partial charge in [-0.3, -0.25) is 0 Å². The van der Waals surface area contributed by atoms with E-state index in [1.807, 2.05) is 0 Å². The van der Waals surface area contributed by atoms with Gasteiger partial charge in [0.25, 0.3) is 0 Å². The van der Waals surface area contributed by atoms with Crippen LogP contribution in [0.15, 0.2) is 41.4 Å². The Balaban J connectivity index is 1.92. The lowest BCUT2D eigenvalue weighted by Gasteiger charge is -2.06. The van der Waals surface area contributed by atoms with Gasteiger partial charge in [0, 0.05) is 12.7 Å². The first-order valence-electron chi connectivity index (χ1n) is 5.79. The van der Waals surface area contributed by atoms with E-state index in [1.54, 1.807) is 24.4 Å². The highest BCUT2D eigenvalue weighted by molar-refractivity contribution is 7.89. The number of hydrogen-bond acceptors (Lipinski definition) is 5. The normalized spacial score (nSPS) is 11.3. The van der Waals surface area contributed by atoms with Crippen LogP contribution in [0.5, 0.6) is 0 Å². The third kappa shape index (κ3) is 4.16. The molecule has 0 unspecified atom stereocenters. The Bertz CT molecular complexity index is 689. The summed E-state index contributed by atoms with van der Waals surface area (Å²) in [5.74, 6) is 0.645. The third-order valence-corrected chi connectivity index (χ3v) is 3.71. The molecule has 0 atom stereocenters. The Labute approximate surface area is 122 Å². The predicted molar refractivity (Wildman–Crippen MR) is 77.1 cm³/mol. The molecule has 0 fully saturated rings. The molecule has 0 amide bonds. The van der Waals surface area contributed by atoms with Crippen molar-refractivity contribution >= 4 is 27.4 Å². The topological polar surface area (TPSA) is 98.0 Å². The van der Waals surface area contributed by atoms with Crippen molar-refractivity contribution < 1.29 is 8.42 Å². The highest BCUT2D eigenvalue weighted by Crippen LogP contribution is 2.10. The van der Waals surface area contributed by atoms with Gasteiger partial charge < -0.3 is 5.32 Å². The van der Waals surface area contributed by atoms with Crippen molar-refractivity contribution in [2.45, 2.75) is 11.3 Å². The number of rotatable bonds is 5. The van der Waals surface area contributed by atoms with E-state index >= 15 is 0 Å². The maximum atomic E-state index is 11.1. The van der Waals surface area contributed by atoms with E-state index in [2.05, 4.69) is 15.3 Å². The average Bonchev–Trinajstić information content (AvgIpc) is 2.38. The minimum absolute atomic E-state index is 0.108. The summed E-state index contributed by atoms with van der Waals surface area (Å²) in [6, 6.07) is 8.16. The molecule has 0 radical (unpaired) electrons. The monoisotopic (exact) mass is 312 g/mol. The number of nitrogens with two attached hydrogens (primary N) is 1. The molecule has 1 heterocycles. The molecule has 0 bridgehead atoms. The summed E-state index contributed by atoms with van der Waals surface area (Å²) in [6.07, 6.45) is 2.28. The van der Waals surface area contributed by atoms with Gasteiger partial charge >= 0.3 is 0 Å². The number of anilines is 1. The van der Waals surface area contributed by atoms with E-state index in [-0.39, 0.29) is 10.2 Å². The molecule has 0 aliphatic rings. The smallest absolute Gasteiger partial charge is 0.238 e. The number of nitrogens with zero attached hydrogens (tertiary/aromatic N) is 2. The van der Waals surface area contributed by atoms with Crippen LogP contribution in [-0.4, -0.2) is 24.9 Å². The highest BCUT2D eigenvalue weighted by Gasteiger charge is 2.06. The molecule has 6 nitrogen and oxygen atoms in total. The highest BCUT2D eigenvalue weighted by atomic mass is 35.5. The largest absolute Gasteiger partial charge is 0.370 e. The maximum absolute atomic E-state index is 11.1. The first kappa shape index (κ1) is 14.7. The summed E-state index contributed by atoms with van der Waals surface area (Å²) >= 11 is 5.67. The van der Waals surface area contributed by atoms with Crippen LogP contribution in [0.25, 0.3) is 0 Å². The summed E-state index contributed by atoms with van der Waals surface area (Å²) in [7, 11) is -3.64. The fourth-order valence-corrected chi connectivity index (χ4v) is 2.28. The van der Waals surface area contributed by atoms with Gasteiger partial charge in [-0.2, -0.15) is 0 Å². The lowest BCUT2D eigenvalue weighted by molar-refractivity contribution is 0.598. The molecule has 0 saturated carbocycles. The number of hydrogen-bond donors (Lipinski definition) is 2. The van der Waals surface area contributed by atoms with Gasteiger partial charge in [0.05, 0.1) is 4.90 Å². The zero-order valence-corrected chi connectivity index (χ0v) is 12.0. The average molecular weight is 313 g/mol. The van der Waals surface area contributed by atoms with Crippen molar-refractivity contribution in [1.29, 1.82) is 0 Å². The summed E-state index contributed by atoms with van der Waals surface area (Å²) < 4.78 is 22.2. The van der Waals surface area contributed by atoms with Crippen LogP contribution in [0.2, 0.25) is 5.28 Å². The van der Waals surface area contributed by atoms with Crippen LogP contribution in [-0.2, 0) is 16.4 Å². The molecule has 0 aliphatic heterocycles. The van der Waals surface area contributed by atoms with Crippen molar-refractivity contribution in [3.63, 3.8) is 0 Å². The Kier molecular flexibility index (Phi) is 4.53. The van der Waals surface area contributed by atoms with E-state index in [9.17, 15) is 8.42 Å². The van der Waals surface area contributed by atoms with E-state index < -0.39 is 10.0 Å². The van der Waals surface area contributed by atoms with Crippen molar-refractivity contribution in [2.24, 2.45) is 5.14 Å². The fourth-order valence-electron chi connectivity index (χ4n) is 1.61. The number of halogens is 1. The number of aromatic nitrogens is 2. The molecule has 106 valence electrons. The van der Waals surface area contributed by atoms with Gasteiger partial charge in [-0.1, -0.05) is 12.1 Å². The summed E-state index contributed by atoms with van der Waals surface area (Å²) in [6.45, 7) is 0.641. The van der Waals surface area contributed by atoms with E-state index in [1.165, 1.54) is 12.1 Å². The zero-order valence-electron chi connectivity index (χ0n) is 10.5. The minimum Gasteiger partial charge on any atom is -0.370 e. The number of nitrogens with one attached hydrogen (secondary N) is 1. The molecule has 0 aliphatic carbocycles. The van der Waals surface area contributed by atoms with Gasteiger partial charge in [-0.25, -0.2) is 23.5 Å². The molecule has 20 heavy (non-hydrogen) atoms. The van der Waals surface area contributed by atoms with Crippen molar-refractivity contribution in [1.82, 2.24) is 9.97 Å². The molecule has 0 saturated heterocycles. The molecular weight excluding hydrogens is 300 g/mol. The Morgan fingerprint density at radius 2 is 1.90 bits per heavy atom. The van der Waals surface area contributed by atoms with E-state index in [0.717, 1.165) is 5.56 Å². The van der Waals surface area contributed by atoms with Crippen LogP contribution in [0.1, 0.15) is 5.56 Å². The second-order valence-corrected chi connectivity index (χ2v) is 5.98. The molecular formula is C12H13ClN4O2S. The zero-order chi connectivity index (χ0) is 14.6. The van der Waals surface area contributed by atoms with Gasteiger partial charge in [0.1, 0.15) is 5.82 Å². The first-order chi connectivity index (χ1) is 9.45. The predicted octanol–water partition coefficient (Wildman–Crippen LogP) is 1.43. The van der Waals surface area contributed by atoms with Gasteiger partial charge in [0.15, 0.2) is 0 Å². The van der Waals surface area contributed by atoms with Crippen LogP contribution >= 0.6 is 11.6 Å². The number of benzene rings is 1. The molecule has 1 aromatic carbocycles. The number of sulfonamides is 1. The van der Waals surface area contributed by atoms with Gasteiger partial charge in [0.2, 0.25) is 15.3 Å². The summed E-state index contributed by atoms with van der Waals surface area (Å²) in [5, 5.41) is 8.32. The minimum atomic E-state index is -3.64. The Hall–Kier alpha value is -1.70. The van der Waals surface area contributed by atoms with Crippen molar-refractivity contribution in [2.75, 3.05) is 11.9 Å². The van der Waals surface area contributed by atoms with Gasteiger partial charge in [-0.05, 0) is 41.8 Å². The molecule has 2 rings (SSSR count). The molecule has 3 N–H and O–H groups in total. The van der Waals surface area contributed by atoms with Crippen LogP contribution in [0.4, 0.5) is 5.82 Å². The van der Waals surface area contributed by atoms with Crippen molar-refractivity contribution in [3.05, 3.63) is 47.4 Å². The second-order valence-electron chi connectivity index (χ2n) is 4.08. The molecule has 1 aromatic heterocycles. The maximum Gasteiger partial charge on any atom is 0.238 e. The first-order valence-corrected chi connectivity index (χ1v) is 7.72. The lowest BCUT2D eigenvalue weighted by Crippen LogP contribution is -2.12. The van der Waals surface area contributed by atoms with Gasteiger partial charge in [-0.15, -0.1) is 0 Å². The number of primary sulfonamides is 1. The molecule has 2 aromatic rings. The second kappa shape index (κ2) is 6.17. The van der Waals surface area contributed by atoms with Crippen LogP contribution in [0.3, 0.4) is 0 Å². The Morgan fingerprint density at radius 1 is 1.20 bits per heavy atom. The summed E-state index contributed by atoms with van der Waals surface area (Å²) in [5.41, 5.74) is 0.991. The third-order valence-electron chi connectivity index (χ3n) is 2.60. The quantitative estimate of drug-likeness (QED) is 0.814. The summed E-state index contributed by atoms with van der Waals surface area (Å²) in [4.78, 5) is 7.89. The van der Waals surface area contributed by atoms with Crippen molar-refractivity contribution in [3.8, 4) is 0 Å². The fraction of sp³-hybridized carbons (Fsp3) is 0.167. The van der Waals surface area contributed by atoms with E-state index in [4.69, 9.17) is 16.7 Å². The molecule has 8 heteroatoms.